The average Bonchev–Trinajstić information content (AvgIpc) is 3.05. The van der Waals surface area contributed by atoms with E-state index in [0.717, 1.165) is 50.8 Å². The van der Waals surface area contributed by atoms with Crippen molar-refractivity contribution in [1.82, 2.24) is 19.8 Å². The van der Waals surface area contributed by atoms with Gasteiger partial charge in [-0.25, -0.2) is 13.8 Å². The van der Waals surface area contributed by atoms with E-state index in [2.05, 4.69) is 14.8 Å². The van der Waals surface area contributed by atoms with Crippen LogP contribution in [-0.4, -0.2) is 47.2 Å². The zero-order chi connectivity index (χ0) is 20.5. The van der Waals surface area contributed by atoms with E-state index in [1.165, 1.54) is 57.6 Å². The molecule has 2 aromatic rings. The second-order valence-electron chi connectivity index (χ2n) is 9.67. The molecular weight excluding hydrogens is 382 g/mol. The van der Waals surface area contributed by atoms with Crippen molar-refractivity contribution in [3.8, 4) is 0 Å². The minimum atomic E-state index is -0.774. The number of benzene rings is 1. The molecular formula is C24H34F2N4. The van der Waals surface area contributed by atoms with Crippen LogP contribution < -0.4 is 5.32 Å². The topological polar surface area (TPSA) is 33.1 Å². The van der Waals surface area contributed by atoms with E-state index in [1.54, 1.807) is 6.07 Å². The Labute approximate surface area is 178 Å². The number of halogens is 2. The number of imidazole rings is 1. The molecule has 1 aromatic heterocycles. The molecule has 5 rings (SSSR count). The molecule has 0 atom stereocenters. The first kappa shape index (κ1) is 20.4. The Morgan fingerprint density at radius 2 is 1.63 bits per heavy atom. The van der Waals surface area contributed by atoms with Crippen LogP contribution in [0.4, 0.5) is 8.78 Å². The Morgan fingerprint density at radius 1 is 0.933 bits per heavy atom. The highest BCUT2D eigenvalue weighted by Gasteiger charge is 2.32. The van der Waals surface area contributed by atoms with E-state index in [9.17, 15) is 8.78 Å². The van der Waals surface area contributed by atoms with Crippen LogP contribution in [0.5, 0.6) is 0 Å². The van der Waals surface area contributed by atoms with Gasteiger partial charge < -0.3 is 14.8 Å². The first-order valence-electron chi connectivity index (χ1n) is 12.0. The average molecular weight is 417 g/mol. The lowest BCUT2D eigenvalue weighted by molar-refractivity contribution is 0.151. The quantitative estimate of drug-likeness (QED) is 0.762. The van der Waals surface area contributed by atoms with Crippen molar-refractivity contribution in [2.24, 2.45) is 5.92 Å². The summed E-state index contributed by atoms with van der Waals surface area (Å²) < 4.78 is 30.9. The van der Waals surface area contributed by atoms with Crippen LogP contribution in [0, 0.1) is 17.6 Å². The van der Waals surface area contributed by atoms with E-state index in [-0.39, 0.29) is 6.04 Å². The minimum Gasteiger partial charge on any atom is -0.322 e. The molecule has 3 heterocycles. The molecule has 1 aliphatic carbocycles. The van der Waals surface area contributed by atoms with E-state index in [0.29, 0.717) is 17.0 Å². The fourth-order valence-corrected chi connectivity index (χ4v) is 5.72. The maximum atomic E-state index is 14.8. The van der Waals surface area contributed by atoms with Gasteiger partial charge in [-0.15, -0.1) is 0 Å². The summed E-state index contributed by atoms with van der Waals surface area (Å²) in [6.45, 7) is 5.03. The molecule has 0 bridgehead atoms. The van der Waals surface area contributed by atoms with Gasteiger partial charge in [0.15, 0.2) is 11.6 Å². The summed E-state index contributed by atoms with van der Waals surface area (Å²) in [5.41, 5.74) is 0.961. The van der Waals surface area contributed by atoms with E-state index >= 15 is 0 Å². The summed E-state index contributed by atoms with van der Waals surface area (Å²) in [6, 6.07) is 3.04. The maximum Gasteiger partial charge on any atom is 0.184 e. The SMILES string of the molecule is Fc1ccc2nc(C3CNC3)n(C3CCN(CC4CCCCCCC4)CC3)c2c1F. The van der Waals surface area contributed by atoms with Gasteiger partial charge in [-0.05, 0) is 43.7 Å². The number of hydrogen-bond acceptors (Lipinski definition) is 3. The fraction of sp³-hybridized carbons (Fsp3) is 0.708. The third-order valence-electron chi connectivity index (χ3n) is 7.58. The van der Waals surface area contributed by atoms with Crippen LogP contribution in [0.2, 0.25) is 0 Å². The zero-order valence-corrected chi connectivity index (χ0v) is 17.9. The molecule has 164 valence electrons. The Balaban J connectivity index is 1.32. The molecule has 1 aromatic carbocycles. The molecule has 6 heteroatoms. The Kier molecular flexibility index (Phi) is 6.05. The molecule has 3 aliphatic rings. The predicted octanol–water partition coefficient (Wildman–Crippen LogP) is 5.00. The van der Waals surface area contributed by atoms with Crippen molar-refractivity contribution < 1.29 is 8.78 Å². The largest absolute Gasteiger partial charge is 0.322 e. The Bertz CT molecular complexity index is 860. The molecule has 2 saturated heterocycles. The number of aromatic nitrogens is 2. The van der Waals surface area contributed by atoms with E-state index < -0.39 is 11.6 Å². The van der Waals surface area contributed by atoms with Crippen molar-refractivity contribution in [1.29, 1.82) is 0 Å². The normalized spacial score (nSPS) is 23.4. The van der Waals surface area contributed by atoms with Crippen molar-refractivity contribution in [3.63, 3.8) is 0 Å². The second-order valence-corrected chi connectivity index (χ2v) is 9.67. The molecule has 0 radical (unpaired) electrons. The minimum absolute atomic E-state index is 0.204. The molecule has 30 heavy (non-hydrogen) atoms. The van der Waals surface area contributed by atoms with Gasteiger partial charge >= 0.3 is 0 Å². The summed E-state index contributed by atoms with van der Waals surface area (Å²) in [6.07, 6.45) is 11.7. The van der Waals surface area contributed by atoms with Crippen LogP contribution in [0.15, 0.2) is 12.1 Å². The van der Waals surface area contributed by atoms with Gasteiger partial charge in [-0.2, -0.15) is 0 Å². The lowest BCUT2D eigenvalue weighted by Gasteiger charge is -2.37. The summed E-state index contributed by atoms with van der Waals surface area (Å²) in [5, 5.41) is 3.29. The van der Waals surface area contributed by atoms with Crippen LogP contribution >= 0.6 is 0 Å². The van der Waals surface area contributed by atoms with Crippen molar-refractivity contribution in [3.05, 3.63) is 29.6 Å². The Hall–Kier alpha value is -1.53. The number of piperidine rings is 1. The molecule has 1 saturated carbocycles. The van der Waals surface area contributed by atoms with Crippen LogP contribution in [0.25, 0.3) is 11.0 Å². The number of hydrogen-bond donors (Lipinski definition) is 1. The van der Waals surface area contributed by atoms with Gasteiger partial charge in [0.2, 0.25) is 0 Å². The highest BCUT2D eigenvalue weighted by molar-refractivity contribution is 5.77. The molecule has 0 spiro atoms. The Morgan fingerprint density at radius 3 is 2.30 bits per heavy atom. The molecule has 1 N–H and O–H groups in total. The van der Waals surface area contributed by atoms with Gasteiger partial charge in [0.05, 0.1) is 5.52 Å². The highest BCUT2D eigenvalue weighted by Crippen LogP contribution is 2.35. The van der Waals surface area contributed by atoms with Gasteiger partial charge in [0.1, 0.15) is 11.3 Å². The summed E-state index contributed by atoms with van der Waals surface area (Å²) in [4.78, 5) is 7.36. The summed E-state index contributed by atoms with van der Waals surface area (Å²) in [7, 11) is 0. The van der Waals surface area contributed by atoms with Crippen LogP contribution in [0.3, 0.4) is 0 Å². The second kappa shape index (κ2) is 8.91. The van der Waals surface area contributed by atoms with Crippen LogP contribution in [-0.2, 0) is 0 Å². The van der Waals surface area contributed by atoms with Crippen LogP contribution in [0.1, 0.15) is 75.6 Å². The molecule has 3 fully saturated rings. The highest BCUT2D eigenvalue weighted by atomic mass is 19.2. The summed E-state index contributed by atoms with van der Waals surface area (Å²) >= 11 is 0. The van der Waals surface area contributed by atoms with E-state index in [4.69, 9.17) is 4.98 Å². The van der Waals surface area contributed by atoms with Crippen molar-refractivity contribution in [2.75, 3.05) is 32.7 Å². The number of rotatable bonds is 4. The van der Waals surface area contributed by atoms with Gasteiger partial charge in [0.25, 0.3) is 0 Å². The fourth-order valence-electron chi connectivity index (χ4n) is 5.72. The smallest absolute Gasteiger partial charge is 0.184 e. The van der Waals surface area contributed by atoms with Crippen molar-refractivity contribution >= 4 is 11.0 Å². The van der Waals surface area contributed by atoms with Gasteiger partial charge in [-0.3, -0.25) is 0 Å². The van der Waals surface area contributed by atoms with Crippen molar-refractivity contribution in [2.45, 2.75) is 69.7 Å². The number of nitrogens with one attached hydrogen (secondary N) is 1. The number of nitrogens with zero attached hydrogens (tertiary/aromatic N) is 3. The first-order chi connectivity index (χ1) is 14.7. The number of fused-ring (bicyclic) bond motifs is 1. The third-order valence-corrected chi connectivity index (χ3v) is 7.58. The third kappa shape index (κ3) is 4.01. The standard InChI is InChI=1S/C24H34F2N4/c25-20-8-9-21-23(22(20)26)30(24(28-21)18-14-27-15-18)19-10-12-29(13-11-19)16-17-6-4-2-1-3-5-7-17/h8-9,17-19,27H,1-7,10-16H2. The number of likely N-dealkylation sites (tertiary alicyclic amines) is 1. The predicted molar refractivity (Wildman–Crippen MR) is 116 cm³/mol. The van der Waals surface area contributed by atoms with Gasteiger partial charge in [0, 0.05) is 44.7 Å². The maximum absolute atomic E-state index is 14.8. The monoisotopic (exact) mass is 416 g/mol. The molecule has 4 nitrogen and oxygen atoms in total. The molecule has 0 unspecified atom stereocenters. The molecule has 2 aliphatic heterocycles. The molecule has 0 amide bonds. The lowest BCUT2D eigenvalue weighted by atomic mass is 9.90. The van der Waals surface area contributed by atoms with Gasteiger partial charge in [-0.1, -0.05) is 32.1 Å². The summed E-state index contributed by atoms with van der Waals surface area (Å²) in [5.74, 6) is 0.553. The van der Waals surface area contributed by atoms with E-state index in [1.807, 2.05) is 0 Å². The lowest BCUT2D eigenvalue weighted by Crippen LogP contribution is -2.43. The zero-order valence-electron chi connectivity index (χ0n) is 17.9. The first-order valence-corrected chi connectivity index (χ1v) is 12.0.